The quantitative estimate of drug-likeness (QED) is 0.622. The molecule has 0 atom stereocenters. The van der Waals surface area contributed by atoms with Gasteiger partial charge in [-0.05, 0) is 37.1 Å². The molecule has 15 heavy (non-hydrogen) atoms. The number of aryl methyl sites for hydroxylation is 2. The van der Waals surface area contributed by atoms with E-state index in [1.807, 2.05) is 19.1 Å². The normalized spacial score (nSPS) is 10.8. The molecule has 2 rings (SSSR count). The fourth-order valence-corrected chi connectivity index (χ4v) is 1.72. The Morgan fingerprint density at radius 3 is 2.67 bits per heavy atom. The van der Waals surface area contributed by atoms with E-state index < -0.39 is 5.97 Å². The van der Waals surface area contributed by atoms with Crippen molar-refractivity contribution < 1.29 is 9.90 Å². The van der Waals surface area contributed by atoms with Gasteiger partial charge in [0.15, 0.2) is 0 Å². The molecule has 1 heterocycles. The summed E-state index contributed by atoms with van der Waals surface area (Å²) in [5.74, 6) is -0.945. The lowest BCUT2D eigenvalue weighted by atomic mass is 10.1. The molecule has 4 N–H and O–H groups in total. The summed E-state index contributed by atoms with van der Waals surface area (Å²) in [6.07, 6.45) is 0. The molecule has 0 spiro atoms. The minimum atomic E-state index is -0.945. The van der Waals surface area contributed by atoms with Crippen LogP contribution in [0.5, 0.6) is 0 Å². The van der Waals surface area contributed by atoms with Crippen molar-refractivity contribution >= 4 is 22.6 Å². The van der Waals surface area contributed by atoms with E-state index in [-0.39, 0.29) is 5.69 Å². The molecule has 0 fully saturated rings. The van der Waals surface area contributed by atoms with Crippen molar-refractivity contribution in [1.29, 1.82) is 0 Å². The second-order valence-corrected chi connectivity index (χ2v) is 3.68. The van der Waals surface area contributed by atoms with Crippen molar-refractivity contribution in [3.63, 3.8) is 0 Å². The molecule has 0 radical (unpaired) electrons. The number of nitrogen functional groups attached to an aromatic ring is 1. The average Bonchev–Trinajstić information content (AvgIpc) is 2.46. The van der Waals surface area contributed by atoms with Crippen molar-refractivity contribution in [1.82, 2.24) is 4.98 Å². The Kier molecular flexibility index (Phi) is 1.93. The first-order chi connectivity index (χ1) is 7.00. The van der Waals surface area contributed by atoms with Crippen LogP contribution >= 0.6 is 0 Å². The van der Waals surface area contributed by atoms with Crippen molar-refractivity contribution in [2.75, 3.05) is 5.73 Å². The van der Waals surface area contributed by atoms with Crippen LogP contribution in [0.2, 0.25) is 0 Å². The van der Waals surface area contributed by atoms with Crippen LogP contribution in [0.15, 0.2) is 12.1 Å². The molecule has 0 unspecified atom stereocenters. The molecule has 2 aromatic rings. The smallest absolute Gasteiger partial charge is 0.352 e. The Morgan fingerprint density at radius 2 is 2.07 bits per heavy atom. The third-order valence-corrected chi connectivity index (χ3v) is 2.66. The van der Waals surface area contributed by atoms with Crippen LogP contribution in [-0.2, 0) is 0 Å². The van der Waals surface area contributed by atoms with Crippen molar-refractivity contribution in [3.05, 3.63) is 29.0 Å². The third-order valence-electron chi connectivity index (χ3n) is 2.66. The average molecular weight is 204 g/mol. The molecule has 78 valence electrons. The van der Waals surface area contributed by atoms with Gasteiger partial charge in [0.1, 0.15) is 5.69 Å². The summed E-state index contributed by atoms with van der Waals surface area (Å²) >= 11 is 0. The fourth-order valence-electron chi connectivity index (χ4n) is 1.72. The van der Waals surface area contributed by atoms with Gasteiger partial charge in [0.2, 0.25) is 0 Å². The van der Waals surface area contributed by atoms with Crippen molar-refractivity contribution in [3.8, 4) is 0 Å². The Labute approximate surface area is 86.7 Å². The Balaban J connectivity index is 2.83. The van der Waals surface area contributed by atoms with Gasteiger partial charge in [-0.2, -0.15) is 0 Å². The Bertz CT molecular complexity index is 555. The lowest BCUT2D eigenvalue weighted by Gasteiger charge is -1.99. The number of fused-ring (bicyclic) bond motifs is 1. The standard InChI is InChI=1S/C11H12N2O2/c1-5-3-9-7(4-8(5)12)6(2)10(13-9)11(14)15/h3-4,13H,12H2,1-2H3,(H,14,15). The maximum absolute atomic E-state index is 10.9. The van der Waals surface area contributed by atoms with E-state index in [1.165, 1.54) is 0 Å². The summed E-state index contributed by atoms with van der Waals surface area (Å²) in [6.45, 7) is 3.67. The summed E-state index contributed by atoms with van der Waals surface area (Å²) in [4.78, 5) is 13.8. The molecule has 0 aliphatic heterocycles. The van der Waals surface area contributed by atoms with Crippen LogP contribution in [0.25, 0.3) is 10.9 Å². The highest BCUT2D eigenvalue weighted by molar-refractivity contribution is 5.98. The summed E-state index contributed by atoms with van der Waals surface area (Å²) in [7, 11) is 0. The van der Waals surface area contributed by atoms with E-state index in [9.17, 15) is 4.79 Å². The highest BCUT2D eigenvalue weighted by Gasteiger charge is 2.13. The topological polar surface area (TPSA) is 79.1 Å². The van der Waals surface area contributed by atoms with Crippen LogP contribution in [0, 0.1) is 13.8 Å². The number of aromatic amines is 1. The number of carbonyl (C=O) groups is 1. The highest BCUT2D eigenvalue weighted by atomic mass is 16.4. The van der Waals surface area contributed by atoms with Gasteiger partial charge in [-0.15, -0.1) is 0 Å². The zero-order chi connectivity index (χ0) is 11.2. The molecule has 0 aliphatic carbocycles. The van der Waals surface area contributed by atoms with E-state index in [2.05, 4.69) is 4.98 Å². The first kappa shape index (κ1) is 9.58. The van der Waals surface area contributed by atoms with Crippen LogP contribution in [0.3, 0.4) is 0 Å². The van der Waals surface area contributed by atoms with Crippen LogP contribution in [0.4, 0.5) is 5.69 Å². The van der Waals surface area contributed by atoms with Gasteiger partial charge >= 0.3 is 5.97 Å². The predicted octanol–water partition coefficient (Wildman–Crippen LogP) is 2.07. The number of rotatable bonds is 1. The zero-order valence-corrected chi connectivity index (χ0v) is 8.59. The summed E-state index contributed by atoms with van der Waals surface area (Å²) < 4.78 is 0. The molecule has 0 bridgehead atoms. The molecule has 1 aromatic heterocycles. The summed E-state index contributed by atoms with van der Waals surface area (Å²) in [5.41, 5.74) is 9.18. The number of nitrogens with one attached hydrogen (secondary N) is 1. The molecule has 0 amide bonds. The molecule has 0 saturated heterocycles. The summed E-state index contributed by atoms with van der Waals surface area (Å²) in [5, 5.41) is 9.81. The highest BCUT2D eigenvalue weighted by Crippen LogP contribution is 2.26. The monoisotopic (exact) mass is 204 g/mol. The van der Waals surface area contributed by atoms with Gasteiger partial charge in [-0.3, -0.25) is 0 Å². The predicted molar refractivity (Wildman–Crippen MR) is 59.1 cm³/mol. The largest absolute Gasteiger partial charge is 0.477 e. The van der Waals surface area contributed by atoms with E-state index in [4.69, 9.17) is 10.8 Å². The molecule has 0 saturated carbocycles. The lowest BCUT2D eigenvalue weighted by molar-refractivity contribution is 0.0691. The van der Waals surface area contributed by atoms with Crippen LogP contribution in [0.1, 0.15) is 21.6 Å². The van der Waals surface area contributed by atoms with Gasteiger partial charge in [-0.1, -0.05) is 0 Å². The lowest BCUT2D eigenvalue weighted by Crippen LogP contribution is -1.97. The number of nitrogens with two attached hydrogens (primary N) is 1. The van der Waals surface area contributed by atoms with Gasteiger partial charge in [0.05, 0.1) is 0 Å². The number of hydrogen-bond donors (Lipinski definition) is 3. The minimum absolute atomic E-state index is 0.231. The van der Waals surface area contributed by atoms with E-state index in [0.29, 0.717) is 5.69 Å². The maximum atomic E-state index is 10.9. The first-order valence-corrected chi connectivity index (χ1v) is 4.62. The summed E-state index contributed by atoms with van der Waals surface area (Å²) in [6, 6.07) is 3.67. The second-order valence-electron chi connectivity index (χ2n) is 3.68. The number of carboxylic acids is 1. The first-order valence-electron chi connectivity index (χ1n) is 4.62. The number of carboxylic acid groups (broad SMARTS) is 1. The van der Waals surface area contributed by atoms with Gasteiger partial charge in [0.25, 0.3) is 0 Å². The molecule has 1 aromatic carbocycles. The number of H-pyrrole nitrogens is 1. The van der Waals surface area contributed by atoms with Gasteiger partial charge in [0, 0.05) is 16.6 Å². The Morgan fingerprint density at radius 1 is 1.40 bits per heavy atom. The fraction of sp³-hybridized carbons (Fsp3) is 0.182. The number of hydrogen-bond acceptors (Lipinski definition) is 2. The SMILES string of the molecule is Cc1cc2[nH]c(C(=O)O)c(C)c2cc1N. The molecule has 4 heteroatoms. The van der Waals surface area contributed by atoms with Crippen molar-refractivity contribution in [2.24, 2.45) is 0 Å². The second kappa shape index (κ2) is 3.02. The van der Waals surface area contributed by atoms with Crippen molar-refractivity contribution in [2.45, 2.75) is 13.8 Å². The third kappa shape index (κ3) is 1.34. The van der Waals surface area contributed by atoms with E-state index >= 15 is 0 Å². The number of benzene rings is 1. The zero-order valence-electron chi connectivity index (χ0n) is 8.59. The van der Waals surface area contributed by atoms with Gasteiger partial charge < -0.3 is 15.8 Å². The number of aromatic nitrogens is 1. The number of aromatic carboxylic acids is 1. The molecule has 4 nitrogen and oxygen atoms in total. The molecular formula is C11H12N2O2. The van der Waals surface area contributed by atoms with Gasteiger partial charge in [-0.25, -0.2) is 4.79 Å². The number of anilines is 1. The maximum Gasteiger partial charge on any atom is 0.352 e. The van der Waals surface area contributed by atoms with E-state index in [1.54, 1.807) is 6.92 Å². The molecule has 0 aliphatic rings. The minimum Gasteiger partial charge on any atom is -0.477 e. The molecular weight excluding hydrogens is 192 g/mol. The van der Waals surface area contributed by atoms with Crippen LogP contribution < -0.4 is 5.73 Å². The van der Waals surface area contributed by atoms with Crippen LogP contribution in [-0.4, -0.2) is 16.1 Å². The van der Waals surface area contributed by atoms with E-state index in [0.717, 1.165) is 22.0 Å². The Hall–Kier alpha value is -1.97.